The molecule has 1 aliphatic rings. The van der Waals surface area contributed by atoms with E-state index >= 15 is 0 Å². The second-order valence-corrected chi connectivity index (χ2v) is 8.54. The topological polar surface area (TPSA) is 69.6 Å². The van der Waals surface area contributed by atoms with Crippen LogP contribution in [0.1, 0.15) is 21.1 Å². The van der Waals surface area contributed by atoms with Crippen molar-refractivity contribution in [1.82, 2.24) is 19.8 Å². The number of nitrogens with zero attached hydrogens (tertiary/aromatic N) is 4. The van der Waals surface area contributed by atoms with Crippen molar-refractivity contribution in [3.05, 3.63) is 58.2 Å². The zero-order chi connectivity index (χ0) is 19.7. The van der Waals surface area contributed by atoms with Gasteiger partial charge in [-0.05, 0) is 38.2 Å². The van der Waals surface area contributed by atoms with E-state index in [4.69, 9.17) is 0 Å². The Balaban J connectivity index is 1.47. The highest BCUT2D eigenvalue weighted by atomic mass is 32.1. The molecular weight excluding hydrogens is 372 g/mol. The minimum Gasteiger partial charge on any atom is -0.391 e. The Bertz CT molecular complexity index is 982. The van der Waals surface area contributed by atoms with E-state index in [-0.39, 0.29) is 11.8 Å². The zero-order valence-electron chi connectivity index (χ0n) is 16.1. The van der Waals surface area contributed by atoms with Crippen LogP contribution in [0.4, 0.5) is 0 Å². The number of carbonyl (C=O) groups is 1. The molecule has 1 N–H and O–H groups in total. The fraction of sp³-hybridized carbons (Fsp3) is 0.381. The minimum atomic E-state index is -0.532. The molecule has 4 rings (SSSR count). The predicted octanol–water partition coefficient (Wildman–Crippen LogP) is 2.43. The van der Waals surface area contributed by atoms with E-state index in [0.29, 0.717) is 18.8 Å². The van der Waals surface area contributed by atoms with Crippen LogP contribution in [0.25, 0.3) is 10.9 Å². The number of rotatable bonds is 5. The van der Waals surface area contributed by atoms with Gasteiger partial charge in [0, 0.05) is 42.5 Å². The smallest absolute Gasteiger partial charge is 0.273 e. The Hall–Kier alpha value is -2.35. The summed E-state index contributed by atoms with van der Waals surface area (Å²) in [5.41, 5.74) is 2.59. The fourth-order valence-electron chi connectivity index (χ4n) is 3.75. The summed E-state index contributed by atoms with van der Waals surface area (Å²) in [7, 11) is 3.96. The first-order valence-electron chi connectivity index (χ1n) is 9.40. The third kappa shape index (κ3) is 3.92. The molecule has 0 unspecified atom stereocenters. The summed E-state index contributed by atoms with van der Waals surface area (Å²) in [6, 6.07) is 10.0. The van der Waals surface area contributed by atoms with Crippen molar-refractivity contribution in [2.45, 2.75) is 19.1 Å². The van der Waals surface area contributed by atoms with Crippen molar-refractivity contribution in [3.63, 3.8) is 0 Å². The van der Waals surface area contributed by atoms with E-state index in [0.717, 1.165) is 34.4 Å². The van der Waals surface area contributed by atoms with E-state index in [1.807, 2.05) is 54.8 Å². The number of amides is 1. The first-order chi connectivity index (χ1) is 13.5. The summed E-state index contributed by atoms with van der Waals surface area (Å²) in [5.74, 6) is -0.0861. The van der Waals surface area contributed by atoms with Crippen molar-refractivity contribution in [1.29, 1.82) is 0 Å². The summed E-state index contributed by atoms with van der Waals surface area (Å²) >= 11 is 1.50. The number of fused-ring (bicyclic) bond motifs is 1. The molecule has 0 aliphatic carbocycles. The molecule has 0 radical (unpaired) electrons. The van der Waals surface area contributed by atoms with Gasteiger partial charge in [0.1, 0.15) is 10.7 Å². The van der Waals surface area contributed by atoms with Gasteiger partial charge in [0.2, 0.25) is 0 Å². The number of aromatic nitrogens is 2. The van der Waals surface area contributed by atoms with Crippen LogP contribution in [0.15, 0.2) is 41.9 Å². The number of carbonyl (C=O) groups excluding carboxylic acids is 1. The van der Waals surface area contributed by atoms with E-state index in [2.05, 4.69) is 16.0 Å². The monoisotopic (exact) mass is 396 g/mol. The number of hydrogen-bond acceptors (Lipinski definition) is 6. The van der Waals surface area contributed by atoms with Gasteiger partial charge in [0.25, 0.3) is 5.91 Å². The Morgan fingerprint density at radius 3 is 2.93 bits per heavy atom. The van der Waals surface area contributed by atoms with Crippen LogP contribution >= 0.6 is 11.3 Å². The van der Waals surface area contributed by atoms with Gasteiger partial charge in [0.15, 0.2) is 0 Å². The summed E-state index contributed by atoms with van der Waals surface area (Å²) in [6.07, 6.45) is 2.00. The lowest BCUT2D eigenvalue weighted by atomic mass is 9.94. The second kappa shape index (κ2) is 7.95. The number of para-hydroxylation sites is 1. The Morgan fingerprint density at radius 2 is 2.11 bits per heavy atom. The lowest BCUT2D eigenvalue weighted by Crippen LogP contribution is -2.30. The normalized spacial score (nSPS) is 19.6. The number of likely N-dealkylation sites (tertiary alicyclic amines) is 1. The maximum atomic E-state index is 12.8. The number of thiazole rings is 1. The average Bonchev–Trinajstić information content (AvgIpc) is 3.28. The third-order valence-corrected chi connectivity index (χ3v) is 5.97. The summed E-state index contributed by atoms with van der Waals surface area (Å²) in [5, 5.41) is 14.4. The molecule has 1 fully saturated rings. The molecule has 7 heteroatoms. The summed E-state index contributed by atoms with van der Waals surface area (Å²) in [6.45, 7) is 1.61. The Morgan fingerprint density at radius 1 is 1.29 bits per heavy atom. The van der Waals surface area contributed by atoms with Gasteiger partial charge >= 0.3 is 0 Å². The van der Waals surface area contributed by atoms with Gasteiger partial charge in [-0.2, -0.15) is 0 Å². The summed E-state index contributed by atoms with van der Waals surface area (Å²) in [4.78, 5) is 25.5. The van der Waals surface area contributed by atoms with E-state index in [9.17, 15) is 9.90 Å². The van der Waals surface area contributed by atoms with Crippen molar-refractivity contribution in [2.75, 3.05) is 27.2 Å². The molecule has 1 saturated heterocycles. The highest BCUT2D eigenvalue weighted by Gasteiger charge is 2.35. The van der Waals surface area contributed by atoms with Crippen molar-refractivity contribution in [2.24, 2.45) is 5.92 Å². The molecule has 0 saturated carbocycles. The molecule has 0 bridgehead atoms. The molecule has 1 aromatic carbocycles. The molecule has 2 atom stereocenters. The Kier molecular flexibility index (Phi) is 5.39. The Labute approximate surface area is 168 Å². The molecule has 146 valence electrons. The van der Waals surface area contributed by atoms with Crippen molar-refractivity contribution >= 4 is 28.1 Å². The van der Waals surface area contributed by atoms with Crippen LogP contribution in [0.3, 0.4) is 0 Å². The van der Waals surface area contributed by atoms with Crippen molar-refractivity contribution in [3.8, 4) is 0 Å². The highest BCUT2D eigenvalue weighted by Crippen LogP contribution is 2.26. The maximum absolute atomic E-state index is 12.8. The predicted molar refractivity (Wildman–Crippen MR) is 110 cm³/mol. The minimum absolute atomic E-state index is 0.00892. The molecule has 3 heterocycles. The van der Waals surface area contributed by atoms with Gasteiger partial charge in [-0.3, -0.25) is 9.78 Å². The largest absolute Gasteiger partial charge is 0.391 e. The van der Waals surface area contributed by atoms with Crippen LogP contribution in [0, 0.1) is 5.92 Å². The van der Waals surface area contributed by atoms with Crippen LogP contribution in [0.5, 0.6) is 0 Å². The maximum Gasteiger partial charge on any atom is 0.273 e. The first kappa shape index (κ1) is 19.0. The van der Waals surface area contributed by atoms with Crippen LogP contribution in [-0.2, 0) is 13.0 Å². The SMILES string of the molecule is CN(C)Cc1nc(C(=O)N2C[C@@H](Cc3ccnc4ccccc34)[C@H](O)C2)cs1. The number of benzene rings is 1. The molecule has 1 aliphatic heterocycles. The number of aliphatic hydroxyl groups is 1. The third-order valence-electron chi connectivity index (χ3n) is 5.14. The van der Waals surface area contributed by atoms with Gasteiger partial charge in [-0.1, -0.05) is 18.2 Å². The fourth-order valence-corrected chi connectivity index (χ4v) is 4.64. The van der Waals surface area contributed by atoms with Gasteiger partial charge in [-0.25, -0.2) is 4.98 Å². The number of hydrogen-bond donors (Lipinski definition) is 1. The standard InChI is InChI=1S/C21H24N4O2S/c1-24(2)12-20-23-18(13-28-20)21(27)25-10-15(19(26)11-25)9-14-7-8-22-17-6-4-3-5-16(14)17/h3-8,13,15,19,26H,9-12H2,1-2H3/t15-,19-/m1/s1. The lowest BCUT2D eigenvalue weighted by molar-refractivity contribution is 0.0759. The van der Waals surface area contributed by atoms with Gasteiger partial charge in [0.05, 0.1) is 11.6 Å². The van der Waals surface area contributed by atoms with Gasteiger partial charge in [-0.15, -0.1) is 11.3 Å². The van der Waals surface area contributed by atoms with Crippen LogP contribution < -0.4 is 0 Å². The van der Waals surface area contributed by atoms with Gasteiger partial charge < -0.3 is 14.9 Å². The lowest BCUT2D eigenvalue weighted by Gasteiger charge is -2.15. The molecule has 28 heavy (non-hydrogen) atoms. The number of aliphatic hydroxyl groups excluding tert-OH is 1. The number of pyridine rings is 1. The van der Waals surface area contributed by atoms with E-state index in [1.54, 1.807) is 4.90 Å². The zero-order valence-corrected chi connectivity index (χ0v) is 16.9. The first-order valence-corrected chi connectivity index (χ1v) is 10.3. The molecule has 6 nitrogen and oxygen atoms in total. The summed E-state index contributed by atoms with van der Waals surface area (Å²) < 4.78 is 0. The highest BCUT2D eigenvalue weighted by molar-refractivity contribution is 7.09. The molecule has 0 spiro atoms. The molecule has 2 aromatic heterocycles. The number of β-amino-alcohol motifs (C(OH)–C–C–N with tert-alkyl or cyclic N) is 1. The second-order valence-electron chi connectivity index (χ2n) is 7.59. The van der Waals surface area contributed by atoms with Crippen molar-refractivity contribution < 1.29 is 9.90 Å². The van der Waals surface area contributed by atoms with E-state index in [1.165, 1.54) is 11.3 Å². The molecule has 3 aromatic rings. The molecule has 1 amide bonds. The van der Waals surface area contributed by atoms with E-state index < -0.39 is 6.10 Å². The average molecular weight is 397 g/mol. The quantitative estimate of drug-likeness (QED) is 0.717. The van der Waals surface area contributed by atoms with Crippen LogP contribution in [0.2, 0.25) is 0 Å². The molecular formula is C21H24N4O2S. The van der Waals surface area contributed by atoms with Crippen LogP contribution in [-0.4, -0.2) is 64.1 Å².